The molecule has 102 valence electrons. The van der Waals surface area contributed by atoms with E-state index in [0.717, 1.165) is 38.8 Å². The summed E-state index contributed by atoms with van der Waals surface area (Å²) in [6.45, 7) is 5.88. The topological polar surface area (TPSA) is 57.6 Å². The van der Waals surface area contributed by atoms with Crippen LogP contribution in [0.4, 0.5) is 0 Å². The molecule has 2 fully saturated rings. The summed E-state index contributed by atoms with van der Waals surface area (Å²) in [4.78, 5) is 25.6. The van der Waals surface area contributed by atoms with Gasteiger partial charge in [-0.1, -0.05) is 26.7 Å². The number of hydrogen-bond donors (Lipinski definition) is 1. The molecule has 0 radical (unpaired) electrons. The fourth-order valence-electron chi connectivity index (χ4n) is 3.26. The quantitative estimate of drug-likeness (QED) is 0.820. The molecule has 1 amide bonds. The average molecular weight is 253 g/mol. The molecule has 1 N–H and O–H groups in total. The van der Waals surface area contributed by atoms with Crippen molar-refractivity contribution in [3.63, 3.8) is 0 Å². The first-order valence-electron chi connectivity index (χ1n) is 6.92. The van der Waals surface area contributed by atoms with Crippen molar-refractivity contribution in [1.82, 2.24) is 4.90 Å². The number of likely N-dealkylation sites (tertiary alicyclic amines) is 1. The zero-order valence-electron chi connectivity index (χ0n) is 11.3. The molecule has 1 aliphatic carbocycles. The Morgan fingerprint density at radius 1 is 1.17 bits per heavy atom. The number of carbonyl (C=O) groups is 2. The Kier molecular flexibility index (Phi) is 3.64. The summed E-state index contributed by atoms with van der Waals surface area (Å²) in [5.74, 6) is -1.47. The zero-order chi connectivity index (χ0) is 13.3. The molecule has 1 heterocycles. The van der Waals surface area contributed by atoms with E-state index in [1.807, 2.05) is 4.90 Å². The minimum absolute atomic E-state index is 0.0766. The molecule has 2 rings (SSSR count). The SMILES string of the molecule is CC1(C)CCN(C(=O)[C@@H]2CCCC[C@@H]2C(=O)O)C1. The van der Waals surface area contributed by atoms with Gasteiger partial charge in [0.25, 0.3) is 0 Å². The lowest BCUT2D eigenvalue weighted by molar-refractivity contribution is -0.152. The number of carbonyl (C=O) groups excluding carboxylic acids is 1. The summed E-state index contributed by atoms with van der Waals surface area (Å²) < 4.78 is 0. The fourth-order valence-corrected chi connectivity index (χ4v) is 3.26. The van der Waals surface area contributed by atoms with Crippen LogP contribution >= 0.6 is 0 Å². The lowest BCUT2D eigenvalue weighted by Crippen LogP contribution is -2.42. The normalized spacial score (nSPS) is 31.3. The number of carboxylic acids is 1. The number of nitrogens with zero attached hydrogens (tertiary/aromatic N) is 1. The van der Waals surface area contributed by atoms with Crippen LogP contribution in [0.2, 0.25) is 0 Å². The van der Waals surface area contributed by atoms with Gasteiger partial charge in [-0.25, -0.2) is 0 Å². The second kappa shape index (κ2) is 4.90. The third-order valence-corrected chi connectivity index (χ3v) is 4.39. The van der Waals surface area contributed by atoms with E-state index in [4.69, 9.17) is 0 Å². The molecule has 0 unspecified atom stereocenters. The van der Waals surface area contributed by atoms with Gasteiger partial charge in [0, 0.05) is 13.1 Å². The predicted octanol–water partition coefficient (Wildman–Crippen LogP) is 2.14. The van der Waals surface area contributed by atoms with Crippen molar-refractivity contribution in [2.75, 3.05) is 13.1 Å². The Hall–Kier alpha value is -1.06. The van der Waals surface area contributed by atoms with Crippen molar-refractivity contribution in [3.8, 4) is 0 Å². The highest BCUT2D eigenvalue weighted by Gasteiger charge is 2.41. The van der Waals surface area contributed by atoms with Gasteiger partial charge in [-0.15, -0.1) is 0 Å². The predicted molar refractivity (Wildman–Crippen MR) is 68.1 cm³/mol. The molecule has 2 aliphatic rings. The first kappa shape index (κ1) is 13.4. The maximum absolute atomic E-state index is 12.5. The molecular weight excluding hydrogens is 230 g/mol. The summed E-state index contributed by atoms with van der Waals surface area (Å²) in [5.41, 5.74) is 0.184. The highest BCUT2D eigenvalue weighted by Crippen LogP contribution is 2.35. The van der Waals surface area contributed by atoms with Crippen LogP contribution in [0.15, 0.2) is 0 Å². The van der Waals surface area contributed by atoms with Crippen molar-refractivity contribution >= 4 is 11.9 Å². The van der Waals surface area contributed by atoms with E-state index in [0.29, 0.717) is 6.42 Å². The summed E-state index contributed by atoms with van der Waals surface area (Å²) in [5, 5.41) is 9.23. The third kappa shape index (κ3) is 2.68. The molecule has 1 saturated heterocycles. The summed E-state index contributed by atoms with van der Waals surface area (Å²) in [7, 11) is 0. The first-order valence-corrected chi connectivity index (χ1v) is 6.92. The van der Waals surface area contributed by atoms with Crippen LogP contribution in [0.5, 0.6) is 0 Å². The van der Waals surface area contributed by atoms with E-state index in [2.05, 4.69) is 13.8 Å². The standard InChI is InChI=1S/C14H23NO3/c1-14(2)7-8-15(9-14)12(16)10-5-3-4-6-11(10)13(17)18/h10-11H,3-9H2,1-2H3,(H,17,18)/t10-,11+/m1/s1. The second-order valence-electron chi connectivity index (χ2n) is 6.51. The molecule has 0 aromatic rings. The van der Waals surface area contributed by atoms with Gasteiger partial charge in [0.1, 0.15) is 0 Å². The Morgan fingerprint density at radius 3 is 2.28 bits per heavy atom. The van der Waals surface area contributed by atoms with Gasteiger partial charge >= 0.3 is 5.97 Å². The summed E-state index contributed by atoms with van der Waals surface area (Å²) >= 11 is 0. The van der Waals surface area contributed by atoms with Crippen molar-refractivity contribution < 1.29 is 14.7 Å². The number of hydrogen-bond acceptors (Lipinski definition) is 2. The number of amides is 1. The Morgan fingerprint density at radius 2 is 1.78 bits per heavy atom. The maximum Gasteiger partial charge on any atom is 0.307 e. The zero-order valence-corrected chi connectivity index (χ0v) is 11.3. The van der Waals surface area contributed by atoms with Crippen LogP contribution in [-0.2, 0) is 9.59 Å². The number of carboxylic acid groups (broad SMARTS) is 1. The van der Waals surface area contributed by atoms with E-state index in [1.54, 1.807) is 0 Å². The minimum atomic E-state index is -0.800. The fraction of sp³-hybridized carbons (Fsp3) is 0.857. The van der Waals surface area contributed by atoms with Gasteiger partial charge in [-0.3, -0.25) is 9.59 Å². The second-order valence-corrected chi connectivity index (χ2v) is 6.51. The molecule has 0 bridgehead atoms. The van der Waals surface area contributed by atoms with E-state index >= 15 is 0 Å². The third-order valence-electron chi connectivity index (χ3n) is 4.39. The van der Waals surface area contributed by atoms with Crippen LogP contribution < -0.4 is 0 Å². The van der Waals surface area contributed by atoms with E-state index < -0.39 is 11.9 Å². The molecule has 1 saturated carbocycles. The molecular formula is C14H23NO3. The van der Waals surface area contributed by atoms with Crippen LogP contribution in [-0.4, -0.2) is 35.0 Å². The van der Waals surface area contributed by atoms with Gasteiger partial charge in [-0.05, 0) is 24.7 Å². The number of rotatable bonds is 2. The van der Waals surface area contributed by atoms with Crippen LogP contribution in [0, 0.1) is 17.3 Å². The largest absolute Gasteiger partial charge is 0.481 e. The molecule has 1 aliphatic heterocycles. The van der Waals surface area contributed by atoms with Gasteiger partial charge in [0.15, 0.2) is 0 Å². The van der Waals surface area contributed by atoms with Crippen molar-refractivity contribution in [1.29, 1.82) is 0 Å². The van der Waals surface area contributed by atoms with Crippen LogP contribution in [0.3, 0.4) is 0 Å². The molecule has 0 spiro atoms. The monoisotopic (exact) mass is 253 g/mol. The first-order chi connectivity index (χ1) is 8.41. The molecule has 4 heteroatoms. The van der Waals surface area contributed by atoms with Gasteiger partial charge in [0.2, 0.25) is 5.91 Å². The molecule has 0 aromatic carbocycles. The molecule has 4 nitrogen and oxygen atoms in total. The molecule has 0 aromatic heterocycles. The Labute approximate surface area is 108 Å². The highest BCUT2D eigenvalue weighted by molar-refractivity contribution is 5.85. The van der Waals surface area contributed by atoms with Crippen molar-refractivity contribution in [3.05, 3.63) is 0 Å². The summed E-state index contributed by atoms with van der Waals surface area (Å²) in [6.07, 6.45) is 4.34. The average Bonchev–Trinajstić information content (AvgIpc) is 2.68. The van der Waals surface area contributed by atoms with Gasteiger partial charge in [0.05, 0.1) is 11.8 Å². The molecule has 2 atom stereocenters. The van der Waals surface area contributed by atoms with Gasteiger partial charge in [-0.2, -0.15) is 0 Å². The highest BCUT2D eigenvalue weighted by atomic mass is 16.4. The number of aliphatic carboxylic acids is 1. The lowest BCUT2D eigenvalue weighted by atomic mass is 9.78. The van der Waals surface area contributed by atoms with Gasteiger partial charge < -0.3 is 10.0 Å². The minimum Gasteiger partial charge on any atom is -0.481 e. The van der Waals surface area contributed by atoms with Crippen LogP contribution in [0.25, 0.3) is 0 Å². The smallest absolute Gasteiger partial charge is 0.307 e. The van der Waals surface area contributed by atoms with Crippen molar-refractivity contribution in [2.45, 2.75) is 46.0 Å². The lowest BCUT2D eigenvalue weighted by Gasteiger charge is -2.31. The van der Waals surface area contributed by atoms with E-state index in [9.17, 15) is 14.7 Å². The molecule has 18 heavy (non-hydrogen) atoms. The van der Waals surface area contributed by atoms with Crippen molar-refractivity contribution in [2.24, 2.45) is 17.3 Å². The van der Waals surface area contributed by atoms with E-state index in [-0.39, 0.29) is 17.2 Å². The van der Waals surface area contributed by atoms with Crippen LogP contribution in [0.1, 0.15) is 46.0 Å². The van der Waals surface area contributed by atoms with E-state index in [1.165, 1.54) is 0 Å². The Bertz CT molecular complexity index is 351. The summed E-state index contributed by atoms with van der Waals surface area (Å²) in [6, 6.07) is 0. The Balaban J connectivity index is 2.05. The maximum atomic E-state index is 12.5.